The minimum absolute atomic E-state index is 0.0904. The van der Waals surface area contributed by atoms with E-state index in [1.54, 1.807) is 7.11 Å². The number of ether oxygens (including phenoxy) is 2. The van der Waals surface area contributed by atoms with Crippen molar-refractivity contribution in [3.8, 4) is 11.5 Å². The Morgan fingerprint density at radius 1 is 1.21 bits per heavy atom. The van der Waals surface area contributed by atoms with Crippen molar-refractivity contribution in [3.63, 3.8) is 0 Å². The van der Waals surface area contributed by atoms with E-state index in [0.29, 0.717) is 30.6 Å². The van der Waals surface area contributed by atoms with Gasteiger partial charge in [0.2, 0.25) is 0 Å². The predicted molar refractivity (Wildman–Crippen MR) is 90.4 cm³/mol. The average molecular weight is 338 g/mol. The van der Waals surface area contributed by atoms with Crippen LogP contribution < -0.4 is 20.1 Å². The van der Waals surface area contributed by atoms with E-state index in [2.05, 4.69) is 24.5 Å². The van der Waals surface area contributed by atoms with E-state index in [1.807, 2.05) is 18.2 Å². The maximum Gasteiger partial charge on any atom is 0.315 e. The van der Waals surface area contributed by atoms with Crippen LogP contribution in [0, 0.1) is 5.92 Å². The third kappa shape index (κ3) is 7.71. The van der Waals surface area contributed by atoms with Gasteiger partial charge in [0.25, 0.3) is 0 Å². The highest BCUT2D eigenvalue weighted by molar-refractivity contribution is 5.75. The van der Waals surface area contributed by atoms with Gasteiger partial charge in [0.15, 0.2) is 11.5 Å². The second-order valence-corrected chi connectivity index (χ2v) is 5.77. The number of carbonyl (C=O) groups excluding carboxylic acids is 1. The molecule has 134 valence electrons. The number of amides is 2. The molecule has 1 aromatic carbocycles. The SMILES string of the molecule is COc1cc(CNC(=O)NCCC(=O)O)ccc1OCCC(C)C. The van der Waals surface area contributed by atoms with Crippen LogP contribution in [0.1, 0.15) is 32.3 Å². The third-order valence-corrected chi connectivity index (χ3v) is 3.26. The number of urea groups is 1. The highest BCUT2D eigenvalue weighted by atomic mass is 16.5. The fraction of sp³-hybridized carbons (Fsp3) is 0.529. The van der Waals surface area contributed by atoms with Gasteiger partial charge in [-0.25, -0.2) is 4.79 Å². The van der Waals surface area contributed by atoms with E-state index >= 15 is 0 Å². The average Bonchev–Trinajstić information content (AvgIpc) is 2.53. The monoisotopic (exact) mass is 338 g/mol. The summed E-state index contributed by atoms with van der Waals surface area (Å²) in [6.07, 6.45) is 0.854. The second-order valence-electron chi connectivity index (χ2n) is 5.77. The summed E-state index contributed by atoms with van der Waals surface area (Å²) in [7, 11) is 1.57. The van der Waals surface area contributed by atoms with Gasteiger partial charge in [-0.15, -0.1) is 0 Å². The number of benzene rings is 1. The summed E-state index contributed by atoms with van der Waals surface area (Å²) in [5.41, 5.74) is 0.858. The number of carboxylic acids is 1. The van der Waals surface area contributed by atoms with Gasteiger partial charge in [-0.1, -0.05) is 19.9 Å². The van der Waals surface area contributed by atoms with Crippen LogP contribution in [0.25, 0.3) is 0 Å². The van der Waals surface area contributed by atoms with Crippen molar-refractivity contribution in [1.29, 1.82) is 0 Å². The first-order chi connectivity index (χ1) is 11.4. The topological polar surface area (TPSA) is 96.9 Å². The number of hydrogen-bond donors (Lipinski definition) is 3. The van der Waals surface area contributed by atoms with Crippen molar-refractivity contribution in [1.82, 2.24) is 10.6 Å². The summed E-state index contributed by atoms with van der Waals surface area (Å²) in [6.45, 7) is 5.29. The van der Waals surface area contributed by atoms with Crippen LogP contribution in [-0.4, -0.2) is 37.4 Å². The lowest BCUT2D eigenvalue weighted by atomic mass is 10.1. The quantitative estimate of drug-likeness (QED) is 0.609. The van der Waals surface area contributed by atoms with Crippen LogP contribution >= 0.6 is 0 Å². The van der Waals surface area contributed by atoms with E-state index < -0.39 is 12.0 Å². The van der Waals surface area contributed by atoms with Gasteiger partial charge < -0.3 is 25.2 Å². The van der Waals surface area contributed by atoms with Gasteiger partial charge >= 0.3 is 12.0 Å². The zero-order chi connectivity index (χ0) is 17.9. The van der Waals surface area contributed by atoms with Crippen molar-refractivity contribution >= 4 is 12.0 Å². The van der Waals surface area contributed by atoms with E-state index in [4.69, 9.17) is 14.6 Å². The van der Waals surface area contributed by atoms with Crippen LogP contribution in [0.5, 0.6) is 11.5 Å². The van der Waals surface area contributed by atoms with Crippen LogP contribution in [0.3, 0.4) is 0 Å². The van der Waals surface area contributed by atoms with E-state index in [0.717, 1.165) is 12.0 Å². The first-order valence-electron chi connectivity index (χ1n) is 7.95. The fourth-order valence-electron chi connectivity index (χ4n) is 1.87. The molecule has 0 heterocycles. The highest BCUT2D eigenvalue weighted by Gasteiger charge is 2.08. The molecular formula is C17H26N2O5. The van der Waals surface area contributed by atoms with E-state index in [-0.39, 0.29) is 13.0 Å². The first-order valence-corrected chi connectivity index (χ1v) is 7.95. The van der Waals surface area contributed by atoms with Crippen molar-refractivity contribution in [3.05, 3.63) is 23.8 Å². The molecule has 0 unspecified atom stereocenters. The van der Waals surface area contributed by atoms with Crippen molar-refractivity contribution < 1.29 is 24.2 Å². The lowest BCUT2D eigenvalue weighted by Gasteiger charge is -2.13. The molecule has 0 aliphatic heterocycles. The van der Waals surface area contributed by atoms with Crippen LogP contribution in [0.15, 0.2) is 18.2 Å². The molecule has 0 aliphatic carbocycles. The number of nitrogens with one attached hydrogen (secondary N) is 2. The van der Waals surface area contributed by atoms with E-state index in [1.165, 1.54) is 0 Å². The van der Waals surface area contributed by atoms with E-state index in [9.17, 15) is 9.59 Å². The molecule has 0 spiro atoms. The standard InChI is InChI=1S/C17H26N2O5/c1-12(2)7-9-24-14-5-4-13(10-15(14)23-3)11-19-17(22)18-8-6-16(20)21/h4-5,10,12H,6-9,11H2,1-3H3,(H,20,21)(H2,18,19,22). The van der Waals surface area contributed by atoms with Crippen molar-refractivity contribution in [2.45, 2.75) is 33.2 Å². The molecule has 7 nitrogen and oxygen atoms in total. The summed E-state index contributed by atoms with van der Waals surface area (Å²) in [5, 5.41) is 13.7. The predicted octanol–water partition coefficient (Wildman–Crippen LogP) is 2.39. The molecule has 1 rings (SSSR count). The lowest BCUT2D eigenvalue weighted by Crippen LogP contribution is -2.36. The van der Waals surface area contributed by atoms with Gasteiger partial charge in [-0.05, 0) is 30.0 Å². The molecule has 0 aliphatic rings. The molecule has 24 heavy (non-hydrogen) atoms. The van der Waals surface area contributed by atoms with Gasteiger partial charge in [-0.2, -0.15) is 0 Å². The van der Waals surface area contributed by atoms with Crippen molar-refractivity contribution in [2.24, 2.45) is 5.92 Å². The first kappa shape index (κ1) is 19.6. The number of carboxylic acid groups (broad SMARTS) is 1. The van der Waals surface area contributed by atoms with Crippen LogP contribution in [0.2, 0.25) is 0 Å². The number of carbonyl (C=O) groups is 2. The molecule has 0 fully saturated rings. The Morgan fingerprint density at radius 2 is 1.96 bits per heavy atom. The Morgan fingerprint density at radius 3 is 2.58 bits per heavy atom. The molecule has 3 N–H and O–H groups in total. The Kier molecular flexibility index (Phi) is 8.46. The summed E-state index contributed by atoms with van der Waals surface area (Å²) in [4.78, 5) is 21.9. The molecule has 7 heteroatoms. The van der Waals surface area contributed by atoms with Crippen LogP contribution in [0.4, 0.5) is 4.79 Å². The Balaban J connectivity index is 2.48. The maximum atomic E-state index is 11.6. The summed E-state index contributed by atoms with van der Waals surface area (Å²) in [5.74, 6) is 0.907. The highest BCUT2D eigenvalue weighted by Crippen LogP contribution is 2.28. The Bertz CT molecular complexity index is 546. The number of hydrogen-bond acceptors (Lipinski definition) is 4. The minimum atomic E-state index is -0.951. The molecule has 0 saturated heterocycles. The number of aliphatic carboxylic acids is 1. The fourth-order valence-corrected chi connectivity index (χ4v) is 1.87. The molecular weight excluding hydrogens is 312 g/mol. The molecule has 0 radical (unpaired) electrons. The van der Waals surface area contributed by atoms with Crippen LogP contribution in [-0.2, 0) is 11.3 Å². The van der Waals surface area contributed by atoms with Gasteiger partial charge in [0.1, 0.15) is 0 Å². The molecule has 0 aromatic heterocycles. The zero-order valence-corrected chi connectivity index (χ0v) is 14.4. The van der Waals surface area contributed by atoms with Crippen molar-refractivity contribution in [2.75, 3.05) is 20.3 Å². The lowest BCUT2D eigenvalue weighted by molar-refractivity contribution is -0.136. The zero-order valence-electron chi connectivity index (χ0n) is 14.4. The molecule has 0 bridgehead atoms. The Labute approximate surface area is 142 Å². The van der Waals surface area contributed by atoms with Gasteiger partial charge in [0.05, 0.1) is 20.1 Å². The summed E-state index contributed by atoms with van der Waals surface area (Å²) in [6, 6.07) is 5.07. The molecule has 2 amide bonds. The third-order valence-electron chi connectivity index (χ3n) is 3.26. The minimum Gasteiger partial charge on any atom is -0.493 e. The maximum absolute atomic E-state index is 11.6. The molecule has 1 aromatic rings. The molecule has 0 atom stereocenters. The summed E-state index contributed by atoms with van der Waals surface area (Å²) < 4.78 is 11.0. The summed E-state index contributed by atoms with van der Waals surface area (Å²) >= 11 is 0. The normalized spacial score (nSPS) is 10.3. The van der Waals surface area contributed by atoms with Gasteiger partial charge in [0, 0.05) is 13.1 Å². The molecule has 0 saturated carbocycles. The Hall–Kier alpha value is -2.44. The number of rotatable bonds is 10. The largest absolute Gasteiger partial charge is 0.493 e. The second kappa shape index (κ2) is 10.4. The van der Waals surface area contributed by atoms with Gasteiger partial charge in [-0.3, -0.25) is 4.79 Å². The smallest absolute Gasteiger partial charge is 0.315 e. The number of methoxy groups -OCH3 is 1.